The summed E-state index contributed by atoms with van der Waals surface area (Å²) in [5.41, 5.74) is 1.77. The van der Waals surface area contributed by atoms with Crippen molar-refractivity contribution in [1.82, 2.24) is 15.1 Å². The van der Waals surface area contributed by atoms with E-state index in [1.165, 1.54) is 0 Å². The molecule has 146 valence electrons. The molecule has 0 aliphatic carbocycles. The third-order valence-electron chi connectivity index (χ3n) is 4.14. The second kappa shape index (κ2) is 8.05. The number of nitrogens with zero attached hydrogens (tertiary/aromatic N) is 2. The molecule has 0 amide bonds. The maximum atomic E-state index is 12.4. The molecule has 0 radical (unpaired) electrons. The highest BCUT2D eigenvalue weighted by atomic mass is 79.9. The van der Waals surface area contributed by atoms with E-state index >= 15 is 0 Å². The lowest BCUT2D eigenvalue weighted by molar-refractivity contribution is 0.242. The third-order valence-corrected chi connectivity index (χ3v) is 4.63. The van der Waals surface area contributed by atoms with E-state index < -0.39 is 0 Å². The Balaban J connectivity index is 1.60. The third kappa shape index (κ3) is 4.46. The number of fused-ring (bicyclic) bond motifs is 1. The number of hydrogen-bond acceptors (Lipinski definition) is 5. The number of H-pyrrole nitrogens is 1. The summed E-state index contributed by atoms with van der Waals surface area (Å²) in [7, 11) is 0. The maximum absolute atomic E-state index is 12.4. The van der Waals surface area contributed by atoms with Gasteiger partial charge in [0.05, 0.1) is 11.7 Å². The molecule has 0 saturated carbocycles. The Bertz CT molecular complexity index is 1260. The van der Waals surface area contributed by atoms with E-state index in [2.05, 4.69) is 31.1 Å². The normalized spacial score (nSPS) is 11.6. The average Bonchev–Trinajstić information content (AvgIpc) is 3.15. The molecule has 0 unspecified atom stereocenters. The second-order valence-electron chi connectivity index (χ2n) is 6.77. The molecule has 4 aromatic rings. The van der Waals surface area contributed by atoms with Gasteiger partial charge in [-0.05, 0) is 61.9 Å². The van der Waals surface area contributed by atoms with Gasteiger partial charge in [0.15, 0.2) is 0 Å². The molecule has 2 aromatic heterocycles. The van der Waals surface area contributed by atoms with Crippen molar-refractivity contribution >= 4 is 39.0 Å². The van der Waals surface area contributed by atoms with Crippen LogP contribution in [0, 0.1) is 0 Å². The minimum Gasteiger partial charge on any atom is -0.491 e. The molecule has 0 aliphatic rings. The molecule has 2 aromatic carbocycles. The van der Waals surface area contributed by atoms with E-state index in [1.54, 1.807) is 12.1 Å². The van der Waals surface area contributed by atoms with Crippen LogP contribution in [0.25, 0.3) is 34.4 Å². The molecular weight excluding hydrogens is 434 g/mol. The lowest BCUT2D eigenvalue weighted by Crippen LogP contribution is -2.09. The molecule has 6 nitrogen and oxygen atoms in total. The first-order valence-corrected chi connectivity index (χ1v) is 9.89. The molecule has 0 bridgehead atoms. The van der Waals surface area contributed by atoms with E-state index in [4.69, 9.17) is 9.26 Å². The van der Waals surface area contributed by atoms with Gasteiger partial charge in [-0.2, -0.15) is 4.98 Å². The van der Waals surface area contributed by atoms with Gasteiger partial charge < -0.3 is 14.2 Å². The Labute approximate surface area is 175 Å². The zero-order valence-corrected chi connectivity index (χ0v) is 17.4. The van der Waals surface area contributed by atoms with Crippen molar-refractivity contribution in [3.8, 4) is 17.1 Å². The molecule has 0 atom stereocenters. The van der Waals surface area contributed by atoms with Gasteiger partial charge >= 0.3 is 0 Å². The van der Waals surface area contributed by atoms with Gasteiger partial charge in [0.2, 0.25) is 5.82 Å². The van der Waals surface area contributed by atoms with Gasteiger partial charge in [-0.15, -0.1) is 0 Å². The summed E-state index contributed by atoms with van der Waals surface area (Å²) in [5.74, 6) is 1.34. The van der Waals surface area contributed by atoms with Crippen LogP contribution < -0.4 is 10.3 Å². The monoisotopic (exact) mass is 451 g/mol. The molecule has 0 spiro atoms. The lowest BCUT2D eigenvalue weighted by Gasteiger charge is -2.09. The maximum Gasteiger partial charge on any atom is 0.259 e. The van der Waals surface area contributed by atoms with Crippen molar-refractivity contribution in [2.45, 2.75) is 20.0 Å². The van der Waals surface area contributed by atoms with Crippen LogP contribution in [-0.2, 0) is 0 Å². The summed E-state index contributed by atoms with van der Waals surface area (Å²) in [6, 6.07) is 15.1. The number of hydrogen-bond donors (Lipinski definition) is 1. The fourth-order valence-corrected chi connectivity index (χ4v) is 3.27. The van der Waals surface area contributed by atoms with Crippen molar-refractivity contribution < 1.29 is 9.26 Å². The largest absolute Gasteiger partial charge is 0.491 e. The summed E-state index contributed by atoms with van der Waals surface area (Å²) >= 11 is 3.44. The number of rotatable bonds is 5. The van der Waals surface area contributed by atoms with Crippen LogP contribution >= 0.6 is 15.9 Å². The van der Waals surface area contributed by atoms with Crippen LogP contribution in [-0.4, -0.2) is 21.2 Å². The first kappa shape index (κ1) is 19.1. The van der Waals surface area contributed by atoms with Gasteiger partial charge in [0, 0.05) is 21.5 Å². The number of nitrogens with one attached hydrogen (secondary N) is 1. The minimum atomic E-state index is -0.269. The number of aromatic amines is 1. The van der Waals surface area contributed by atoms with Gasteiger partial charge in [-0.25, -0.2) is 0 Å². The smallest absolute Gasteiger partial charge is 0.259 e. The first-order chi connectivity index (χ1) is 14.0. The molecule has 1 N–H and O–H groups in total. The summed E-state index contributed by atoms with van der Waals surface area (Å²) in [6.07, 6.45) is 3.66. The summed E-state index contributed by atoms with van der Waals surface area (Å²) in [4.78, 5) is 19.6. The fourth-order valence-electron chi connectivity index (χ4n) is 2.89. The van der Waals surface area contributed by atoms with E-state index in [0.29, 0.717) is 11.5 Å². The van der Waals surface area contributed by atoms with Crippen molar-refractivity contribution in [1.29, 1.82) is 0 Å². The quantitative estimate of drug-likeness (QED) is 0.445. The van der Waals surface area contributed by atoms with Crippen LogP contribution in [0.3, 0.4) is 0 Å². The van der Waals surface area contributed by atoms with E-state index in [-0.39, 0.29) is 17.5 Å². The molecule has 0 fully saturated rings. The first-order valence-electron chi connectivity index (χ1n) is 9.09. The molecular formula is C22H18BrN3O3. The predicted octanol–water partition coefficient (Wildman–Crippen LogP) is 5.30. The number of pyridine rings is 1. The number of halogens is 1. The van der Waals surface area contributed by atoms with Crippen molar-refractivity contribution in [3.63, 3.8) is 0 Å². The van der Waals surface area contributed by atoms with Gasteiger partial charge in [0.25, 0.3) is 11.4 Å². The van der Waals surface area contributed by atoms with Crippen molar-refractivity contribution in [2.75, 3.05) is 0 Å². The highest BCUT2D eigenvalue weighted by Gasteiger charge is 2.12. The summed E-state index contributed by atoms with van der Waals surface area (Å²) < 4.78 is 11.9. The van der Waals surface area contributed by atoms with E-state index in [9.17, 15) is 4.79 Å². The van der Waals surface area contributed by atoms with Crippen LogP contribution in [0.15, 0.2) is 62.3 Å². The number of ether oxygens (including phenoxy) is 1. The second-order valence-corrected chi connectivity index (χ2v) is 7.69. The molecule has 7 heteroatoms. The Morgan fingerprint density at radius 1 is 1.14 bits per heavy atom. The zero-order chi connectivity index (χ0) is 20.4. The highest BCUT2D eigenvalue weighted by Crippen LogP contribution is 2.22. The zero-order valence-electron chi connectivity index (χ0n) is 15.8. The number of benzene rings is 2. The molecule has 29 heavy (non-hydrogen) atoms. The van der Waals surface area contributed by atoms with Crippen LogP contribution in [0.5, 0.6) is 5.75 Å². The Morgan fingerprint density at radius 3 is 2.83 bits per heavy atom. The Kier molecular flexibility index (Phi) is 5.31. The molecule has 2 heterocycles. The van der Waals surface area contributed by atoms with Crippen molar-refractivity contribution in [3.05, 3.63) is 74.8 Å². The van der Waals surface area contributed by atoms with Crippen LogP contribution in [0.4, 0.5) is 0 Å². The highest BCUT2D eigenvalue weighted by molar-refractivity contribution is 9.10. The molecule has 0 saturated heterocycles. The van der Waals surface area contributed by atoms with E-state index in [1.807, 2.05) is 62.4 Å². The predicted molar refractivity (Wildman–Crippen MR) is 117 cm³/mol. The molecule has 0 aliphatic heterocycles. The fraction of sp³-hybridized carbons (Fsp3) is 0.136. The standard InChI is InChI=1S/C22H18BrN3O3/c1-13(2)28-17-5-3-4-14(10-17)6-9-20-25-21(26-29-20)18-12-15-11-16(23)7-8-19(15)24-22(18)27/h3-13H,1-2H3,(H,24,27)/b9-6+. The van der Waals surface area contributed by atoms with Gasteiger partial charge in [0.1, 0.15) is 5.75 Å². The average molecular weight is 452 g/mol. The summed E-state index contributed by atoms with van der Waals surface area (Å²) in [6.45, 7) is 3.96. The lowest BCUT2D eigenvalue weighted by atomic mass is 10.1. The van der Waals surface area contributed by atoms with Gasteiger partial charge in [-0.1, -0.05) is 33.2 Å². The van der Waals surface area contributed by atoms with Crippen LogP contribution in [0.1, 0.15) is 25.3 Å². The SMILES string of the molecule is CC(C)Oc1cccc(/C=C/c2nc(-c3cc4cc(Br)ccc4[nH]c3=O)no2)c1. The molecule has 4 rings (SSSR count). The van der Waals surface area contributed by atoms with Gasteiger partial charge in [-0.3, -0.25) is 4.79 Å². The summed E-state index contributed by atoms with van der Waals surface area (Å²) in [5, 5.41) is 4.82. The van der Waals surface area contributed by atoms with Crippen molar-refractivity contribution in [2.24, 2.45) is 0 Å². The topological polar surface area (TPSA) is 81.0 Å². The van der Waals surface area contributed by atoms with E-state index in [0.717, 1.165) is 26.7 Å². The Morgan fingerprint density at radius 2 is 2.00 bits per heavy atom. The minimum absolute atomic E-state index is 0.105. The van der Waals surface area contributed by atoms with Crippen LogP contribution in [0.2, 0.25) is 0 Å². The number of aromatic nitrogens is 3. The Hall–Kier alpha value is -3.19.